The molecule has 118 valence electrons. The zero-order chi connectivity index (χ0) is 16.9. The molecule has 0 saturated heterocycles. The van der Waals surface area contributed by atoms with Gasteiger partial charge >= 0.3 is 0 Å². The number of thiophene rings is 1. The van der Waals surface area contributed by atoms with Gasteiger partial charge in [0.2, 0.25) is 0 Å². The maximum atomic E-state index is 12.3. The highest BCUT2D eigenvalue weighted by molar-refractivity contribution is 7.14. The molecule has 0 fully saturated rings. The third-order valence-electron chi connectivity index (χ3n) is 3.34. The summed E-state index contributed by atoms with van der Waals surface area (Å²) in [5.41, 5.74) is 3.32. The number of thiazole rings is 1. The number of benzene rings is 1. The molecule has 0 spiro atoms. The van der Waals surface area contributed by atoms with Crippen LogP contribution in [0, 0.1) is 18.3 Å². The molecular weight excluding hydrogens is 338 g/mol. The smallest absolute Gasteiger partial charge is 0.266 e. The molecule has 1 aromatic carbocycles. The van der Waals surface area contributed by atoms with E-state index in [0.29, 0.717) is 11.4 Å². The van der Waals surface area contributed by atoms with Gasteiger partial charge in [0.25, 0.3) is 5.91 Å². The molecule has 1 N–H and O–H groups in total. The molecular formula is C18H13N3OS2. The summed E-state index contributed by atoms with van der Waals surface area (Å²) in [4.78, 5) is 16.8. The van der Waals surface area contributed by atoms with Crippen LogP contribution in [0.4, 0.5) is 5.69 Å². The Kier molecular flexibility index (Phi) is 4.85. The minimum Gasteiger partial charge on any atom is -0.321 e. The van der Waals surface area contributed by atoms with Gasteiger partial charge in [-0.25, -0.2) is 4.98 Å². The third kappa shape index (κ3) is 3.59. The number of aromatic nitrogens is 1. The van der Waals surface area contributed by atoms with Crippen LogP contribution in [0.1, 0.15) is 11.3 Å². The molecule has 6 heteroatoms. The number of nitrogens with one attached hydrogen (secondary N) is 1. The Bertz CT molecular complexity index is 933. The number of hydrogen-bond donors (Lipinski definition) is 1. The van der Waals surface area contributed by atoms with Crippen molar-refractivity contribution < 1.29 is 4.79 Å². The fourth-order valence-electron chi connectivity index (χ4n) is 2.07. The number of nitriles is 1. The standard InChI is InChI=1S/C18H13N3OS2/c1-12-4-2-3-5-16(12)21-17(22)14(9-19)8-15-11-24-18(20-15)13-6-7-23-10-13/h2-8,10-11H,1H3,(H,21,22). The van der Waals surface area contributed by atoms with E-state index in [1.807, 2.05) is 53.4 Å². The fourth-order valence-corrected chi connectivity index (χ4v) is 3.56. The average molecular weight is 351 g/mol. The highest BCUT2D eigenvalue weighted by Crippen LogP contribution is 2.26. The van der Waals surface area contributed by atoms with Crippen molar-refractivity contribution in [1.82, 2.24) is 4.98 Å². The van der Waals surface area contributed by atoms with Gasteiger partial charge in [-0.05, 0) is 36.1 Å². The number of aryl methyl sites for hydroxylation is 1. The number of rotatable bonds is 4. The first-order valence-electron chi connectivity index (χ1n) is 7.14. The second-order valence-corrected chi connectivity index (χ2v) is 6.67. The molecule has 4 nitrogen and oxygen atoms in total. The Labute approximate surface area is 147 Å². The van der Waals surface area contributed by atoms with Gasteiger partial charge in [0.1, 0.15) is 16.6 Å². The lowest BCUT2D eigenvalue weighted by atomic mass is 10.1. The summed E-state index contributed by atoms with van der Waals surface area (Å²) >= 11 is 3.09. The van der Waals surface area contributed by atoms with Gasteiger partial charge in [-0.3, -0.25) is 4.79 Å². The van der Waals surface area contributed by atoms with Gasteiger partial charge in [0.15, 0.2) is 0 Å². The number of hydrogen-bond acceptors (Lipinski definition) is 5. The second kappa shape index (κ2) is 7.21. The van der Waals surface area contributed by atoms with Crippen LogP contribution < -0.4 is 5.32 Å². The van der Waals surface area contributed by atoms with Crippen LogP contribution in [0.25, 0.3) is 16.6 Å². The van der Waals surface area contributed by atoms with Crippen molar-refractivity contribution in [3.63, 3.8) is 0 Å². The second-order valence-electron chi connectivity index (χ2n) is 5.03. The molecule has 0 atom stereocenters. The number of para-hydroxylation sites is 1. The van der Waals surface area contributed by atoms with E-state index in [1.165, 1.54) is 17.4 Å². The maximum absolute atomic E-state index is 12.3. The highest BCUT2D eigenvalue weighted by Gasteiger charge is 2.12. The molecule has 24 heavy (non-hydrogen) atoms. The number of carbonyl (C=O) groups excluding carboxylic acids is 1. The van der Waals surface area contributed by atoms with E-state index in [2.05, 4.69) is 10.3 Å². The topological polar surface area (TPSA) is 65.8 Å². The summed E-state index contributed by atoms with van der Waals surface area (Å²) in [7, 11) is 0. The van der Waals surface area contributed by atoms with Crippen molar-refractivity contribution >= 4 is 40.3 Å². The van der Waals surface area contributed by atoms with E-state index >= 15 is 0 Å². The summed E-state index contributed by atoms with van der Waals surface area (Å²) in [6.45, 7) is 1.90. The van der Waals surface area contributed by atoms with Crippen molar-refractivity contribution in [2.24, 2.45) is 0 Å². The quantitative estimate of drug-likeness (QED) is 0.546. The molecule has 2 heterocycles. The minimum atomic E-state index is -0.433. The highest BCUT2D eigenvalue weighted by atomic mass is 32.1. The Hall–Kier alpha value is -2.75. The molecule has 3 rings (SSSR count). The largest absolute Gasteiger partial charge is 0.321 e. The van der Waals surface area contributed by atoms with Gasteiger partial charge in [0, 0.05) is 22.0 Å². The van der Waals surface area contributed by atoms with E-state index in [4.69, 9.17) is 0 Å². The summed E-state index contributed by atoms with van der Waals surface area (Å²) in [5, 5.41) is 18.8. The van der Waals surface area contributed by atoms with Crippen LogP contribution in [0.5, 0.6) is 0 Å². The summed E-state index contributed by atoms with van der Waals surface area (Å²) in [5.74, 6) is -0.433. The van der Waals surface area contributed by atoms with E-state index in [-0.39, 0.29) is 5.57 Å². The van der Waals surface area contributed by atoms with E-state index in [9.17, 15) is 10.1 Å². The number of anilines is 1. The lowest BCUT2D eigenvalue weighted by Gasteiger charge is -2.06. The molecule has 3 aromatic rings. The fraction of sp³-hybridized carbons (Fsp3) is 0.0556. The molecule has 0 unspecified atom stereocenters. The van der Waals surface area contributed by atoms with Crippen LogP contribution in [0.15, 0.2) is 52.0 Å². The number of amides is 1. The lowest BCUT2D eigenvalue weighted by Crippen LogP contribution is -2.14. The van der Waals surface area contributed by atoms with E-state index in [1.54, 1.807) is 17.4 Å². The first kappa shape index (κ1) is 16.1. The molecule has 0 aliphatic carbocycles. The number of nitrogens with zero attached hydrogens (tertiary/aromatic N) is 2. The Morgan fingerprint density at radius 3 is 2.83 bits per heavy atom. The van der Waals surface area contributed by atoms with Gasteiger partial charge in [0.05, 0.1) is 5.69 Å². The molecule has 0 bridgehead atoms. The number of carbonyl (C=O) groups is 1. The van der Waals surface area contributed by atoms with Crippen LogP contribution in [-0.4, -0.2) is 10.9 Å². The van der Waals surface area contributed by atoms with Crippen molar-refractivity contribution in [3.05, 3.63) is 63.3 Å². The average Bonchev–Trinajstić information content (AvgIpc) is 3.25. The molecule has 0 aliphatic rings. The molecule has 0 saturated carbocycles. The maximum Gasteiger partial charge on any atom is 0.266 e. The Balaban J connectivity index is 1.81. The van der Waals surface area contributed by atoms with Crippen LogP contribution in [0.3, 0.4) is 0 Å². The third-order valence-corrected chi connectivity index (χ3v) is 4.93. The van der Waals surface area contributed by atoms with E-state index in [0.717, 1.165) is 16.1 Å². The zero-order valence-corrected chi connectivity index (χ0v) is 14.4. The Morgan fingerprint density at radius 1 is 1.29 bits per heavy atom. The first-order chi connectivity index (χ1) is 11.7. The van der Waals surface area contributed by atoms with Crippen LogP contribution >= 0.6 is 22.7 Å². The molecule has 2 aromatic heterocycles. The van der Waals surface area contributed by atoms with E-state index < -0.39 is 5.91 Å². The monoisotopic (exact) mass is 351 g/mol. The Morgan fingerprint density at radius 2 is 2.12 bits per heavy atom. The molecule has 0 aliphatic heterocycles. The summed E-state index contributed by atoms with van der Waals surface area (Å²) in [6.07, 6.45) is 1.51. The molecule has 1 amide bonds. The normalized spacial score (nSPS) is 11.1. The van der Waals surface area contributed by atoms with Gasteiger partial charge in [-0.2, -0.15) is 16.6 Å². The van der Waals surface area contributed by atoms with Crippen LogP contribution in [0.2, 0.25) is 0 Å². The summed E-state index contributed by atoms with van der Waals surface area (Å²) in [6, 6.07) is 11.4. The predicted octanol–water partition coefficient (Wildman–Crippen LogP) is 4.73. The SMILES string of the molecule is Cc1ccccc1NC(=O)C(C#N)=Cc1csc(-c2ccsc2)n1. The van der Waals surface area contributed by atoms with Crippen molar-refractivity contribution in [1.29, 1.82) is 5.26 Å². The van der Waals surface area contributed by atoms with Crippen molar-refractivity contribution in [3.8, 4) is 16.6 Å². The minimum absolute atomic E-state index is 0.0282. The molecule has 0 radical (unpaired) electrons. The van der Waals surface area contributed by atoms with Gasteiger partial charge in [-0.1, -0.05) is 18.2 Å². The predicted molar refractivity (Wildman–Crippen MR) is 98.8 cm³/mol. The first-order valence-corrected chi connectivity index (χ1v) is 8.96. The lowest BCUT2D eigenvalue weighted by molar-refractivity contribution is -0.112. The van der Waals surface area contributed by atoms with Gasteiger partial charge in [-0.15, -0.1) is 11.3 Å². The van der Waals surface area contributed by atoms with Crippen molar-refractivity contribution in [2.75, 3.05) is 5.32 Å². The summed E-state index contributed by atoms with van der Waals surface area (Å²) < 4.78 is 0. The zero-order valence-electron chi connectivity index (χ0n) is 12.8. The van der Waals surface area contributed by atoms with Crippen LogP contribution in [-0.2, 0) is 4.79 Å². The van der Waals surface area contributed by atoms with Crippen molar-refractivity contribution in [2.45, 2.75) is 6.92 Å². The van der Waals surface area contributed by atoms with Gasteiger partial charge < -0.3 is 5.32 Å².